The molecule has 0 amide bonds. The molecule has 2 unspecified atom stereocenters. The molecule has 0 bridgehead atoms. The Hall–Kier alpha value is -0.160. The highest BCUT2D eigenvalue weighted by molar-refractivity contribution is 4.79. The van der Waals surface area contributed by atoms with E-state index in [0.29, 0.717) is 24.2 Å². The maximum absolute atomic E-state index is 9.72. The van der Waals surface area contributed by atoms with Crippen molar-refractivity contribution in [2.24, 2.45) is 17.8 Å². The monoisotopic (exact) mass is 274 g/mol. The molecule has 1 rings (SSSR count). The lowest BCUT2D eigenvalue weighted by atomic mass is 9.73. The van der Waals surface area contributed by atoms with Crippen LogP contribution in [0.4, 0.5) is 0 Å². The van der Waals surface area contributed by atoms with Crippen molar-refractivity contribution in [3.05, 3.63) is 0 Å². The van der Waals surface area contributed by atoms with Crippen molar-refractivity contribution in [2.75, 3.05) is 7.11 Å². The minimum Gasteiger partial charge on any atom is -0.393 e. The van der Waals surface area contributed by atoms with Crippen LogP contribution in [0.1, 0.15) is 59.3 Å². The van der Waals surface area contributed by atoms with Gasteiger partial charge in [-0.05, 0) is 44.4 Å². The van der Waals surface area contributed by atoms with Crippen molar-refractivity contribution < 1.29 is 20.0 Å². The van der Waals surface area contributed by atoms with Crippen LogP contribution >= 0.6 is 0 Å². The van der Waals surface area contributed by atoms with E-state index in [0.717, 1.165) is 12.8 Å². The van der Waals surface area contributed by atoms with Gasteiger partial charge in [0, 0.05) is 13.5 Å². The van der Waals surface area contributed by atoms with E-state index in [4.69, 9.17) is 9.99 Å². The molecule has 1 fully saturated rings. The van der Waals surface area contributed by atoms with Crippen molar-refractivity contribution in [3.63, 3.8) is 0 Å². The zero-order valence-electron chi connectivity index (χ0n) is 12.8. The number of hydrogen-bond donors (Lipinski definition) is 2. The molecule has 0 spiro atoms. The normalized spacial score (nSPS) is 30.6. The Morgan fingerprint density at radius 3 is 2.53 bits per heavy atom. The first-order valence-corrected chi connectivity index (χ1v) is 7.47. The Balaban J connectivity index is 2.43. The van der Waals surface area contributed by atoms with Gasteiger partial charge in [-0.2, -0.15) is 0 Å². The van der Waals surface area contributed by atoms with Gasteiger partial charge in [-0.1, -0.05) is 26.2 Å². The SMILES string of the molecule is COC(C)(CCC1CCC[C@@H]([C@@H](C)[C@@H](C)O)C1)OO. The summed E-state index contributed by atoms with van der Waals surface area (Å²) in [6.45, 7) is 5.79. The van der Waals surface area contributed by atoms with Crippen LogP contribution in [0.25, 0.3) is 0 Å². The number of ether oxygens (including phenoxy) is 1. The van der Waals surface area contributed by atoms with Gasteiger partial charge in [0.15, 0.2) is 5.79 Å². The molecule has 0 saturated heterocycles. The summed E-state index contributed by atoms with van der Waals surface area (Å²) in [6.07, 6.45) is 6.31. The van der Waals surface area contributed by atoms with Crippen LogP contribution in [0.15, 0.2) is 0 Å². The zero-order valence-corrected chi connectivity index (χ0v) is 12.8. The Bertz CT molecular complexity index is 251. The van der Waals surface area contributed by atoms with Crippen LogP contribution in [-0.4, -0.2) is 29.4 Å². The van der Waals surface area contributed by atoms with E-state index in [9.17, 15) is 5.11 Å². The van der Waals surface area contributed by atoms with Crippen LogP contribution in [0.3, 0.4) is 0 Å². The van der Waals surface area contributed by atoms with Crippen molar-refractivity contribution in [1.82, 2.24) is 0 Å². The van der Waals surface area contributed by atoms with Crippen molar-refractivity contribution in [1.29, 1.82) is 0 Å². The highest BCUT2D eigenvalue weighted by atomic mass is 17.1. The van der Waals surface area contributed by atoms with E-state index in [1.165, 1.54) is 19.3 Å². The van der Waals surface area contributed by atoms with Crippen LogP contribution in [0, 0.1) is 17.8 Å². The van der Waals surface area contributed by atoms with Gasteiger partial charge in [0.05, 0.1) is 6.10 Å². The number of aliphatic hydroxyl groups is 1. The fourth-order valence-electron chi connectivity index (χ4n) is 3.12. The second-order valence-electron chi connectivity index (χ2n) is 6.36. The lowest BCUT2D eigenvalue weighted by Gasteiger charge is -2.35. The molecule has 0 aromatic heterocycles. The van der Waals surface area contributed by atoms with Gasteiger partial charge in [0.1, 0.15) is 0 Å². The highest BCUT2D eigenvalue weighted by Crippen LogP contribution is 2.38. The van der Waals surface area contributed by atoms with E-state index >= 15 is 0 Å². The summed E-state index contributed by atoms with van der Waals surface area (Å²) in [5.74, 6) is 0.737. The zero-order chi connectivity index (χ0) is 14.5. The summed E-state index contributed by atoms with van der Waals surface area (Å²) in [5.41, 5.74) is 0. The van der Waals surface area contributed by atoms with E-state index in [1.54, 1.807) is 14.0 Å². The Labute approximate surface area is 117 Å². The molecule has 0 heterocycles. The molecule has 5 atom stereocenters. The second-order valence-corrected chi connectivity index (χ2v) is 6.36. The molecule has 0 aromatic rings. The van der Waals surface area contributed by atoms with E-state index < -0.39 is 5.79 Å². The third-order valence-corrected chi connectivity index (χ3v) is 4.96. The molecule has 114 valence electrons. The average Bonchev–Trinajstić information content (AvgIpc) is 2.44. The first-order valence-electron chi connectivity index (χ1n) is 7.47. The Morgan fingerprint density at radius 1 is 1.32 bits per heavy atom. The first kappa shape index (κ1) is 16.9. The highest BCUT2D eigenvalue weighted by Gasteiger charge is 2.31. The molecule has 2 N–H and O–H groups in total. The molecule has 19 heavy (non-hydrogen) atoms. The van der Waals surface area contributed by atoms with Crippen molar-refractivity contribution >= 4 is 0 Å². The molecule has 4 heteroatoms. The molecule has 1 aliphatic rings. The lowest BCUT2D eigenvalue weighted by molar-refractivity contribution is -0.394. The molecule has 0 aromatic carbocycles. The molecule has 1 aliphatic carbocycles. The number of methoxy groups -OCH3 is 1. The minimum atomic E-state index is -0.886. The molecule has 0 radical (unpaired) electrons. The van der Waals surface area contributed by atoms with Crippen molar-refractivity contribution in [3.8, 4) is 0 Å². The van der Waals surface area contributed by atoms with Gasteiger partial charge < -0.3 is 9.84 Å². The third kappa shape index (κ3) is 5.03. The Kier molecular flexibility index (Phi) is 6.74. The summed E-state index contributed by atoms with van der Waals surface area (Å²) in [6, 6.07) is 0. The van der Waals surface area contributed by atoms with Crippen LogP contribution in [0.2, 0.25) is 0 Å². The van der Waals surface area contributed by atoms with Gasteiger partial charge in [0.25, 0.3) is 0 Å². The van der Waals surface area contributed by atoms with Gasteiger partial charge >= 0.3 is 0 Å². The van der Waals surface area contributed by atoms with Crippen LogP contribution < -0.4 is 0 Å². The van der Waals surface area contributed by atoms with Crippen LogP contribution in [0.5, 0.6) is 0 Å². The Morgan fingerprint density at radius 2 is 2.00 bits per heavy atom. The van der Waals surface area contributed by atoms with Gasteiger partial charge in [0.2, 0.25) is 0 Å². The molecule has 4 nitrogen and oxygen atoms in total. The fraction of sp³-hybridized carbons (Fsp3) is 1.00. The predicted molar refractivity (Wildman–Crippen MR) is 74.7 cm³/mol. The second kappa shape index (κ2) is 7.58. The van der Waals surface area contributed by atoms with E-state index in [2.05, 4.69) is 11.8 Å². The molecular weight excluding hydrogens is 244 g/mol. The number of rotatable bonds is 7. The standard InChI is InChI=1S/C15H30O4/c1-11(12(2)16)14-7-5-6-13(10-14)8-9-15(3,18-4)19-17/h11-14,16-17H,5-10H2,1-4H3/t11-,12+,13?,14+,15?/m0/s1. The smallest absolute Gasteiger partial charge is 0.198 e. The fourth-order valence-corrected chi connectivity index (χ4v) is 3.12. The molecule has 0 aliphatic heterocycles. The molecule has 1 saturated carbocycles. The first-order chi connectivity index (χ1) is 8.91. The van der Waals surface area contributed by atoms with Gasteiger partial charge in [-0.25, -0.2) is 10.1 Å². The van der Waals surface area contributed by atoms with Gasteiger partial charge in [-0.3, -0.25) is 0 Å². The largest absolute Gasteiger partial charge is 0.393 e. The van der Waals surface area contributed by atoms with Crippen molar-refractivity contribution in [2.45, 2.75) is 71.2 Å². The maximum Gasteiger partial charge on any atom is 0.198 e. The van der Waals surface area contributed by atoms with E-state index in [1.807, 2.05) is 6.92 Å². The summed E-state index contributed by atoms with van der Waals surface area (Å²) in [7, 11) is 1.55. The summed E-state index contributed by atoms with van der Waals surface area (Å²) < 4.78 is 5.18. The third-order valence-electron chi connectivity index (χ3n) is 4.96. The van der Waals surface area contributed by atoms with E-state index in [-0.39, 0.29) is 6.10 Å². The number of aliphatic hydroxyl groups excluding tert-OH is 1. The molecular formula is C15H30O4. The van der Waals surface area contributed by atoms with Crippen LogP contribution in [-0.2, 0) is 9.62 Å². The van der Waals surface area contributed by atoms with Gasteiger partial charge in [-0.15, -0.1) is 0 Å². The number of hydrogen-bond acceptors (Lipinski definition) is 4. The summed E-state index contributed by atoms with van der Waals surface area (Å²) in [4.78, 5) is 4.43. The predicted octanol–water partition coefficient (Wildman–Crippen LogP) is 3.44. The topological polar surface area (TPSA) is 58.9 Å². The summed E-state index contributed by atoms with van der Waals surface area (Å²) >= 11 is 0. The quantitative estimate of drug-likeness (QED) is 0.424. The lowest BCUT2D eigenvalue weighted by Crippen LogP contribution is -2.32. The maximum atomic E-state index is 9.72. The summed E-state index contributed by atoms with van der Waals surface area (Å²) in [5, 5.41) is 18.6. The minimum absolute atomic E-state index is 0.228. The average molecular weight is 274 g/mol.